The van der Waals surface area contributed by atoms with E-state index in [1.807, 2.05) is 18.2 Å². The molecule has 0 bridgehead atoms. The van der Waals surface area contributed by atoms with Crippen molar-refractivity contribution in [2.75, 3.05) is 0 Å². The molecule has 0 unspecified atom stereocenters. The molecule has 0 spiro atoms. The fraction of sp³-hybridized carbons (Fsp3) is 0.217. The monoisotopic (exact) mass is 410 g/mol. The van der Waals surface area contributed by atoms with E-state index in [0.29, 0.717) is 12.4 Å². The summed E-state index contributed by atoms with van der Waals surface area (Å²) in [5.74, 6) is 1.61. The van der Waals surface area contributed by atoms with Gasteiger partial charge in [-0.3, -0.25) is 0 Å². The smallest absolute Gasteiger partial charge is 0.205 e. The van der Waals surface area contributed by atoms with E-state index in [4.69, 9.17) is 4.98 Å². The lowest BCUT2D eigenvalue weighted by molar-refractivity contribution is 0.686. The third kappa shape index (κ3) is 3.79. The number of unbranched alkanes of at least 4 members (excludes halogenated alkanes) is 1. The van der Waals surface area contributed by atoms with E-state index in [9.17, 15) is 0 Å². The third-order valence-corrected chi connectivity index (χ3v) is 5.34. The van der Waals surface area contributed by atoms with E-state index < -0.39 is 0 Å². The van der Waals surface area contributed by atoms with Gasteiger partial charge in [-0.15, -0.1) is 10.2 Å². The SMILES string of the molecule is CCCCc1nc2cncnc2n1Cc1ccc(-c2ccccc2)c(-c2nn[nH]n2)c1. The quantitative estimate of drug-likeness (QED) is 0.434. The number of aryl methyl sites for hydroxylation is 1. The van der Waals surface area contributed by atoms with Gasteiger partial charge in [0.1, 0.15) is 17.7 Å². The van der Waals surface area contributed by atoms with Crippen LogP contribution in [0.3, 0.4) is 0 Å². The van der Waals surface area contributed by atoms with E-state index in [-0.39, 0.29) is 0 Å². The average Bonchev–Trinajstić information content (AvgIpc) is 3.47. The fourth-order valence-corrected chi connectivity index (χ4v) is 3.82. The van der Waals surface area contributed by atoms with Crippen molar-refractivity contribution in [2.45, 2.75) is 32.7 Å². The van der Waals surface area contributed by atoms with Crippen LogP contribution in [0.5, 0.6) is 0 Å². The van der Waals surface area contributed by atoms with Crippen LogP contribution in [0.2, 0.25) is 0 Å². The molecule has 0 aliphatic rings. The van der Waals surface area contributed by atoms with Gasteiger partial charge in [0.15, 0.2) is 5.65 Å². The van der Waals surface area contributed by atoms with Gasteiger partial charge in [0.2, 0.25) is 5.82 Å². The maximum atomic E-state index is 4.78. The Bertz CT molecular complexity index is 1290. The van der Waals surface area contributed by atoms with Crippen molar-refractivity contribution in [1.82, 2.24) is 40.1 Å². The molecule has 0 amide bonds. The Hall–Kier alpha value is -3.94. The predicted octanol–water partition coefficient (Wildman–Crippen LogP) is 4.06. The Labute approximate surface area is 179 Å². The molecule has 2 aromatic carbocycles. The lowest BCUT2D eigenvalue weighted by Gasteiger charge is -2.12. The van der Waals surface area contributed by atoms with E-state index in [1.54, 1.807) is 12.5 Å². The van der Waals surface area contributed by atoms with Gasteiger partial charge in [-0.2, -0.15) is 5.21 Å². The zero-order valence-electron chi connectivity index (χ0n) is 17.2. The van der Waals surface area contributed by atoms with Gasteiger partial charge in [-0.25, -0.2) is 15.0 Å². The molecule has 154 valence electrons. The number of tetrazole rings is 1. The zero-order chi connectivity index (χ0) is 21.0. The van der Waals surface area contributed by atoms with E-state index in [0.717, 1.165) is 58.5 Å². The highest BCUT2D eigenvalue weighted by Crippen LogP contribution is 2.31. The first kappa shape index (κ1) is 19.0. The molecule has 31 heavy (non-hydrogen) atoms. The minimum atomic E-state index is 0.574. The number of fused-ring (bicyclic) bond motifs is 1. The number of hydrogen-bond acceptors (Lipinski definition) is 6. The standard InChI is InChI=1S/C23H22N8/c1-2-3-9-21-26-20-13-24-15-25-23(20)31(21)14-16-10-11-18(17-7-5-4-6-8-17)19(12-16)22-27-29-30-28-22/h4-8,10-13,15H,2-3,9,14H2,1H3,(H,27,28,29,30). The molecule has 0 radical (unpaired) electrons. The number of imidazole rings is 1. The summed E-state index contributed by atoms with van der Waals surface area (Å²) in [6, 6.07) is 16.6. The molecule has 0 fully saturated rings. The molecule has 8 nitrogen and oxygen atoms in total. The molecule has 8 heteroatoms. The minimum Gasteiger partial charge on any atom is -0.308 e. The van der Waals surface area contributed by atoms with Crippen molar-refractivity contribution >= 4 is 11.2 Å². The predicted molar refractivity (Wildman–Crippen MR) is 118 cm³/mol. The summed E-state index contributed by atoms with van der Waals surface area (Å²) in [5, 5.41) is 14.8. The molecular formula is C23H22N8. The lowest BCUT2D eigenvalue weighted by Crippen LogP contribution is -2.06. The maximum Gasteiger partial charge on any atom is 0.205 e. The van der Waals surface area contributed by atoms with E-state index >= 15 is 0 Å². The minimum absolute atomic E-state index is 0.574. The van der Waals surface area contributed by atoms with Crippen LogP contribution in [0.25, 0.3) is 33.7 Å². The Balaban J connectivity index is 1.59. The average molecular weight is 410 g/mol. The van der Waals surface area contributed by atoms with Crippen LogP contribution in [0.4, 0.5) is 0 Å². The van der Waals surface area contributed by atoms with Crippen LogP contribution in [-0.2, 0) is 13.0 Å². The van der Waals surface area contributed by atoms with Crippen molar-refractivity contribution in [2.24, 2.45) is 0 Å². The van der Waals surface area contributed by atoms with Crippen molar-refractivity contribution in [1.29, 1.82) is 0 Å². The first-order valence-electron chi connectivity index (χ1n) is 10.4. The van der Waals surface area contributed by atoms with Crippen LogP contribution in [-0.4, -0.2) is 40.1 Å². The summed E-state index contributed by atoms with van der Waals surface area (Å²) in [6.07, 6.45) is 6.46. The molecule has 0 aliphatic heterocycles. The van der Waals surface area contributed by atoms with Gasteiger partial charge in [0.05, 0.1) is 12.7 Å². The molecule has 0 atom stereocenters. The highest BCUT2D eigenvalue weighted by Gasteiger charge is 2.15. The third-order valence-electron chi connectivity index (χ3n) is 5.34. The molecule has 1 N–H and O–H groups in total. The van der Waals surface area contributed by atoms with Gasteiger partial charge in [-0.05, 0) is 34.4 Å². The van der Waals surface area contributed by atoms with Crippen molar-refractivity contribution < 1.29 is 0 Å². The Morgan fingerprint density at radius 3 is 2.74 bits per heavy atom. The number of aromatic amines is 1. The number of aromatic nitrogens is 8. The molecule has 5 rings (SSSR count). The highest BCUT2D eigenvalue weighted by atomic mass is 15.5. The van der Waals surface area contributed by atoms with Crippen LogP contribution in [0, 0.1) is 0 Å². The summed E-state index contributed by atoms with van der Waals surface area (Å²) >= 11 is 0. The largest absolute Gasteiger partial charge is 0.308 e. The molecule has 0 aliphatic carbocycles. The number of nitrogens with one attached hydrogen (secondary N) is 1. The topological polar surface area (TPSA) is 98.1 Å². The molecule has 5 aromatic rings. The van der Waals surface area contributed by atoms with Crippen molar-refractivity contribution in [3.05, 3.63) is 72.4 Å². The summed E-state index contributed by atoms with van der Waals surface area (Å²) in [5.41, 5.74) is 5.91. The fourth-order valence-electron chi connectivity index (χ4n) is 3.82. The molecular weight excluding hydrogens is 388 g/mol. The number of rotatable bonds is 7. The molecule has 3 heterocycles. The second kappa shape index (κ2) is 8.43. The van der Waals surface area contributed by atoms with Crippen LogP contribution < -0.4 is 0 Å². The van der Waals surface area contributed by atoms with Gasteiger partial charge >= 0.3 is 0 Å². The Morgan fingerprint density at radius 2 is 1.94 bits per heavy atom. The number of nitrogens with zero attached hydrogens (tertiary/aromatic N) is 7. The second-order valence-corrected chi connectivity index (χ2v) is 7.43. The van der Waals surface area contributed by atoms with Gasteiger partial charge in [0.25, 0.3) is 0 Å². The van der Waals surface area contributed by atoms with Gasteiger partial charge in [-0.1, -0.05) is 55.8 Å². The Morgan fingerprint density at radius 1 is 1.03 bits per heavy atom. The summed E-state index contributed by atoms with van der Waals surface area (Å²) in [7, 11) is 0. The summed E-state index contributed by atoms with van der Waals surface area (Å²) in [6.45, 7) is 2.85. The zero-order valence-corrected chi connectivity index (χ0v) is 17.2. The van der Waals surface area contributed by atoms with E-state index in [1.165, 1.54) is 0 Å². The molecule has 3 aromatic heterocycles. The second-order valence-electron chi connectivity index (χ2n) is 7.43. The van der Waals surface area contributed by atoms with E-state index in [2.05, 4.69) is 72.4 Å². The maximum absolute atomic E-state index is 4.78. The normalized spacial score (nSPS) is 11.3. The highest BCUT2D eigenvalue weighted by molar-refractivity contribution is 5.81. The van der Waals surface area contributed by atoms with Crippen molar-refractivity contribution in [3.8, 4) is 22.5 Å². The summed E-state index contributed by atoms with van der Waals surface area (Å²) < 4.78 is 2.18. The number of hydrogen-bond donors (Lipinski definition) is 1. The summed E-state index contributed by atoms with van der Waals surface area (Å²) in [4.78, 5) is 13.4. The van der Waals surface area contributed by atoms with Crippen LogP contribution >= 0.6 is 0 Å². The Kier molecular flexibility index (Phi) is 5.18. The lowest BCUT2D eigenvalue weighted by atomic mass is 9.97. The number of benzene rings is 2. The first-order chi connectivity index (χ1) is 15.3. The van der Waals surface area contributed by atoms with Crippen LogP contribution in [0.15, 0.2) is 61.1 Å². The van der Waals surface area contributed by atoms with Crippen LogP contribution in [0.1, 0.15) is 31.2 Å². The van der Waals surface area contributed by atoms with Gasteiger partial charge < -0.3 is 4.57 Å². The molecule has 0 saturated carbocycles. The number of H-pyrrole nitrogens is 1. The molecule has 0 saturated heterocycles. The van der Waals surface area contributed by atoms with Crippen molar-refractivity contribution in [3.63, 3.8) is 0 Å². The van der Waals surface area contributed by atoms with Gasteiger partial charge in [0, 0.05) is 12.0 Å². The first-order valence-corrected chi connectivity index (χ1v) is 10.4.